The average Bonchev–Trinajstić information content (AvgIpc) is 2.51. The van der Waals surface area contributed by atoms with Crippen LogP contribution < -0.4 is 0 Å². The Kier molecular flexibility index (Phi) is 3.22. The highest BCUT2D eigenvalue weighted by atomic mass is 14.7. The minimum Gasteiger partial charge on any atom is -0.256 e. The Morgan fingerprint density at radius 3 is 2.23 bits per heavy atom. The first-order chi connectivity index (χ1) is 10.7. The van der Waals surface area contributed by atoms with E-state index < -0.39 is 0 Å². The van der Waals surface area contributed by atoms with Gasteiger partial charge >= 0.3 is 0 Å². The molecule has 0 bridgehead atoms. The summed E-state index contributed by atoms with van der Waals surface area (Å²) in [7, 11) is 0. The van der Waals surface area contributed by atoms with Gasteiger partial charge in [-0.1, -0.05) is 23.3 Å². The molecule has 1 heteroatoms. The third-order valence-corrected chi connectivity index (χ3v) is 4.72. The largest absolute Gasteiger partial charge is 0.256 e. The molecule has 0 amide bonds. The number of rotatable bonds is 1. The Morgan fingerprint density at radius 1 is 0.818 bits per heavy atom. The lowest BCUT2D eigenvalue weighted by atomic mass is 9.88. The van der Waals surface area contributed by atoms with Crippen molar-refractivity contribution in [2.45, 2.75) is 39.5 Å². The van der Waals surface area contributed by atoms with Crippen LogP contribution >= 0.6 is 0 Å². The fraction of sp³-hybridized carbons (Fsp3) is 0.286. The highest BCUT2D eigenvalue weighted by Gasteiger charge is 2.13. The van der Waals surface area contributed by atoms with Crippen molar-refractivity contribution in [3.63, 3.8) is 0 Å². The number of fused-ring (bicyclic) bond motifs is 2. The van der Waals surface area contributed by atoms with Crippen LogP contribution in [-0.4, -0.2) is 4.98 Å². The van der Waals surface area contributed by atoms with Gasteiger partial charge < -0.3 is 0 Å². The fourth-order valence-corrected chi connectivity index (χ4v) is 3.75. The third kappa shape index (κ3) is 2.31. The number of aromatic nitrogens is 1. The molecule has 110 valence electrons. The molecule has 0 saturated heterocycles. The molecule has 3 aromatic rings. The predicted molar refractivity (Wildman–Crippen MR) is 93.3 cm³/mol. The molecule has 0 fully saturated rings. The molecule has 0 unspecified atom stereocenters. The monoisotopic (exact) mass is 287 g/mol. The highest BCUT2D eigenvalue weighted by molar-refractivity contribution is 5.95. The van der Waals surface area contributed by atoms with Crippen LogP contribution in [0.2, 0.25) is 0 Å². The Labute approximate surface area is 132 Å². The molecule has 1 aliphatic carbocycles. The maximum Gasteiger partial charge on any atom is 0.0780 e. The Hall–Kier alpha value is -2.15. The Morgan fingerprint density at radius 2 is 1.50 bits per heavy atom. The van der Waals surface area contributed by atoms with Crippen molar-refractivity contribution in [1.82, 2.24) is 4.98 Å². The number of benzene rings is 2. The van der Waals surface area contributed by atoms with Gasteiger partial charge in [0.25, 0.3) is 0 Å². The van der Waals surface area contributed by atoms with Gasteiger partial charge in [0, 0.05) is 17.1 Å². The summed E-state index contributed by atoms with van der Waals surface area (Å²) >= 11 is 0. The zero-order chi connectivity index (χ0) is 15.1. The van der Waals surface area contributed by atoms with E-state index in [0.717, 1.165) is 5.69 Å². The number of pyridine rings is 1. The summed E-state index contributed by atoms with van der Waals surface area (Å²) in [4.78, 5) is 4.71. The van der Waals surface area contributed by atoms with Crippen molar-refractivity contribution in [2.24, 2.45) is 0 Å². The lowest BCUT2D eigenvalue weighted by molar-refractivity contribution is 0.687. The van der Waals surface area contributed by atoms with Crippen molar-refractivity contribution in [1.29, 1.82) is 0 Å². The Balaban J connectivity index is 1.97. The van der Waals surface area contributed by atoms with Gasteiger partial charge in [0.05, 0.1) is 5.69 Å². The van der Waals surface area contributed by atoms with Crippen LogP contribution in [0.4, 0.5) is 0 Å². The second kappa shape index (κ2) is 5.24. The van der Waals surface area contributed by atoms with Gasteiger partial charge in [-0.3, -0.25) is 4.98 Å². The van der Waals surface area contributed by atoms with Gasteiger partial charge in [0.1, 0.15) is 0 Å². The van der Waals surface area contributed by atoms with Crippen molar-refractivity contribution >= 4 is 10.8 Å². The van der Waals surface area contributed by atoms with E-state index in [-0.39, 0.29) is 0 Å². The highest BCUT2D eigenvalue weighted by Crippen LogP contribution is 2.32. The van der Waals surface area contributed by atoms with E-state index in [9.17, 15) is 0 Å². The lowest BCUT2D eigenvalue weighted by Crippen LogP contribution is -2.02. The van der Waals surface area contributed by atoms with Crippen LogP contribution in [-0.2, 0) is 12.8 Å². The minimum absolute atomic E-state index is 1.12. The van der Waals surface area contributed by atoms with Crippen LogP contribution in [0.25, 0.3) is 22.0 Å². The molecular weight excluding hydrogens is 266 g/mol. The summed E-state index contributed by atoms with van der Waals surface area (Å²) in [6.07, 6.45) is 7.04. The molecule has 1 aliphatic rings. The maximum atomic E-state index is 4.71. The van der Waals surface area contributed by atoms with Gasteiger partial charge in [-0.25, -0.2) is 0 Å². The normalized spacial score (nSPS) is 14.1. The van der Waals surface area contributed by atoms with Crippen molar-refractivity contribution in [3.8, 4) is 11.3 Å². The Bertz CT molecular complexity index is 841. The minimum atomic E-state index is 1.12. The van der Waals surface area contributed by atoms with E-state index in [1.165, 1.54) is 64.3 Å². The van der Waals surface area contributed by atoms with E-state index in [2.05, 4.69) is 50.2 Å². The molecule has 1 nitrogen and oxygen atoms in total. The molecule has 0 spiro atoms. The fourth-order valence-electron chi connectivity index (χ4n) is 3.75. The molecule has 0 saturated carbocycles. The van der Waals surface area contributed by atoms with Crippen molar-refractivity contribution < 1.29 is 0 Å². The standard InChI is InChI=1S/C21H21N/c1-14-9-15(2)11-19(10-14)21-20-13-17-6-4-3-5-16(17)12-18(20)7-8-22-21/h7-13H,3-6H2,1-2H3. The first-order valence-electron chi connectivity index (χ1n) is 8.20. The SMILES string of the molecule is Cc1cc(C)cc(-c2nccc3cc4c(cc23)CCCC4)c1. The quantitative estimate of drug-likeness (QED) is 0.584. The van der Waals surface area contributed by atoms with Crippen LogP contribution in [0.15, 0.2) is 42.6 Å². The van der Waals surface area contributed by atoms with Crippen LogP contribution in [0, 0.1) is 13.8 Å². The van der Waals surface area contributed by atoms with Gasteiger partial charge in [-0.15, -0.1) is 0 Å². The summed E-state index contributed by atoms with van der Waals surface area (Å²) in [5.74, 6) is 0. The predicted octanol–water partition coefficient (Wildman–Crippen LogP) is 5.40. The van der Waals surface area contributed by atoms with Crippen LogP contribution in [0.1, 0.15) is 35.1 Å². The number of nitrogens with zero attached hydrogens (tertiary/aromatic N) is 1. The topological polar surface area (TPSA) is 12.9 Å². The molecule has 0 radical (unpaired) electrons. The van der Waals surface area contributed by atoms with Crippen LogP contribution in [0.3, 0.4) is 0 Å². The lowest BCUT2D eigenvalue weighted by Gasteiger charge is -2.17. The van der Waals surface area contributed by atoms with Gasteiger partial charge in [0.15, 0.2) is 0 Å². The third-order valence-electron chi connectivity index (χ3n) is 4.72. The van der Waals surface area contributed by atoms with Gasteiger partial charge in [0.2, 0.25) is 0 Å². The van der Waals surface area contributed by atoms with Crippen molar-refractivity contribution in [2.75, 3.05) is 0 Å². The maximum absolute atomic E-state index is 4.71. The second-order valence-corrected chi connectivity index (χ2v) is 6.59. The molecule has 22 heavy (non-hydrogen) atoms. The van der Waals surface area contributed by atoms with Crippen molar-refractivity contribution in [3.05, 3.63) is 64.8 Å². The average molecular weight is 287 g/mol. The molecule has 1 aromatic heterocycles. The zero-order valence-electron chi connectivity index (χ0n) is 13.3. The van der Waals surface area contributed by atoms with Gasteiger partial charge in [-0.05, 0) is 80.3 Å². The zero-order valence-corrected chi connectivity index (χ0v) is 13.3. The summed E-state index contributed by atoms with van der Waals surface area (Å²) in [6.45, 7) is 4.31. The summed E-state index contributed by atoms with van der Waals surface area (Å²) < 4.78 is 0. The van der Waals surface area contributed by atoms with E-state index in [0.29, 0.717) is 0 Å². The van der Waals surface area contributed by atoms with Gasteiger partial charge in [-0.2, -0.15) is 0 Å². The summed E-state index contributed by atoms with van der Waals surface area (Å²) in [6, 6.07) is 13.6. The van der Waals surface area contributed by atoms with E-state index >= 15 is 0 Å². The molecule has 0 atom stereocenters. The van der Waals surface area contributed by atoms with E-state index in [1.54, 1.807) is 0 Å². The molecule has 4 rings (SSSR count). The number of aryl methyl sites for hydroxylation is 4. The molecule has 1 heterocycles. The number of hydrogen-bond acceptors (Lipinski definition) is 1. The summed E-state index contributed by atoms with van der Waals surface area (Å²) in [5.41, 5.74) is 8.02. The molecular formula is C21H21N. The first-order valence-corrected chi connectivity index (χ1v) is 8.20. The van der Waals surface area contributed by atoms with E-state index in [1.807, 2.05) is 6.20 Å². The molecule has 0 aliphatic heterocycles. The second-order valence-electron chi connectivity index (χ2n) is 6.59. The molecule has 0 N–H and O–H groups in total. The summed E-state index contributed by atoms with van der Waals surface area (Å²) in [5, 5.41) is 2.62. The first kappa shape index (κ1) is 13.5. The van der Waals surface area contributed by atoms with E-state index in [4.69, 9.17) is 4.98 Å². The molecule has 2 aromatic carbocycles. The number of hydrogen-bond donors (Lipinski definition) is 0. The smallest absolute Gasteiger partial charge is 0.0780 e. The van der Waals surface area contributed by atoms with Crippen LogP contribution in [0.5, 0.6) is 0 Å².